The van der Waals surface area contributed by atoms with Gasteiger partial charge in [0.2, 0.25) is 11.9 Å². The number of nitrogen functional groups attached to an aromatic ring is 1. The van der Waals surface area contributed by atoms with Gasteiger partial charge in [0, 0.05) is 18.7 Å². The van der Waals surface area contributed by atoms with Crippen LogP contribution in [0.5, 0.6) is 0 Å². The van der Waals surface area contributed by atoms with Gasteiger partial charge in [0.1, 0.15) is 5.82 Å². The quantitative estimate of drug-likeness (QED) is 0.624. The van der Waals surface area contributed by atoms with Gasteiger partial charge in [-0.25, -0.2) is 9.97 Å². The van der Waals surface area contributed by atoms with Gasteiger partial charge in [-0.1, -0.05) is 27.7 Å². The van der Waals surface area contributed by atoms with Gasteiger partial charge in [0.25, 0.3) is 0 Å². The van der Waals surface area contributed by atoms with Crippen LogP contribution >= 0.6 is 0 Å². The Morgan fingerprint density at radius 1 is 1.23 bits per heavy atom. The lowest BCUT2D eigenvalue weighted by atomic mass is 10.0. The number of nitrogens with two attached hydrogens (primary N) is 1. The van der Waals surface area contributed by atoms with E-state index in [4.69, 9.17) is 10.2 Å². The number of aryl methyl sites for hydroxylation is 1. The van der Waals surface area contributed by atoms with Gasteiger partial charge in [0.15, 0.2) is 14.1 Å². The van der Waals surface area contributed by atoms with Crippen molar-refractivity contribution in [3.8, 4) is 11.4 Å². The molecule has 2 aromatic rings. The number of hydrogen-bond donors (Lipinski definition) is 1. The van der Waals surface area contributed by atoms with E-state index in [-0.39, 0.29) is 28.3 Å². The Labute approximate surface area is 155 Å². The Morgan fingerprint density at radius 3 is 2.46 bits per heavy atom. The Hall–Kier alpha value is -1.93. The third kappa shape index (κ3) is 4.61. The highest BCUT2D eigenvalue weighted by Crippen LogP contribution is 2.37. The maximum Gasteiger partial charge on any atom is 0.223 e. The second kappa shape index (κ2) is 7.36. The highest BCUT2D eigenvalue weighted by Gasteiger charge is 2.37. The predicted octanol–water partition coefficient (Wildman–Crippen LogP) is 4.09. The molecule has 2 rings (SSSR count). The average Bonchev–Trinajstić information content (AvgIpc) is 2.51. The fourth-order valence-electron chi connectivity index (χ4n) is 2.16. The van der Waals surface area contributed by atoms with E-state index in [1.165, 1.54) is 6.20 Å². The number of nitrogens with zero attached hydrogens (tertiary/aromatic N) is 4. The molecule has 142 valence electrons. The number of hydrogen-bond acceptors (Lipinski definition) is 6. The maximum absolute atomic E-state index is 14.2. The Bertz CT molecular complexity index is 771. The van der Waals surface area contributed by atoms with Crippen LogP contribution in [0.15, 0.2) is 12.3 Å². The summed E-state index contributed by atoms with van der Waals surface area (Å²) in [5.74, 6) is 0.130. The van der Waals surface area contributed by atoms with E-state index in [9.17, 15) is 4.39 Å². The number of anilines is 1. The van der Waals surface area contributed by atoms with Gasteiger partial charge in [-0.15, -0.1) is 0 Å². The largest absolute Gasteiger partial charge is 0.416 e. The van der Waals surface area contributed by atoms with Crippen molar-refractivity contribution in [1.82, 2.24) is 19.9 Å². The molecule has 0 spiro atoms. The molecule has 0 aliphatic heterocycles. The van der Waals surface area contributed by atoms with Crippen LogP contribution in [-0.2, 0) is 4.43 Å². The van der Waals surface area contributed by atoms with Crippen molar-refractivity contribution in [3.63, 3.8) is 0 Å². The summed E-state index contributed by atoms with van der Waals surface area (Å²) < 4.78 is 20.5. The normalized spacial score (nSPS) is 13.7. The lowest BCUT2D eigenvalue weighted by Gasteiger charge is -2.37. The second-order valence-electron chi connectivity index (χ2n) is 8.14. The summed E-state index contributed by atoms with van der Waals surface area (Å²) in [6.45, 7) is 15.3. The van der Waals surface area contributed by atoms with Crippen LogP contribution in [0.3, 0.4) is 0 Å². The van der Waals surface area contributed by atoms with E-state index >= 15 is 0 Å². The molecule has 0 amide bonds. The molecule has 1 atom stereocenters. The average molecular weight is 378 g/mol. The number of halogens is 1. The highest BCUT2D eigenvalue weighted by molar-refractivity contribution is 6.74. The first-order chi connectivity index (χ1) is 11.9. The summed E-state index contributed by atoms with van der Waals surface area (Å²) in [5, 5.41) is 0.138. The van der Waals surface area contributed by atoms with Crippen molar-refractivity contribution in [2.75, 3.05) is 12.3 Å². The van der Waals surface area contributed by atoms with Gasteiger partial charge in [0.05, 0.1) is 5.56 Å². The topological polar surface area (TPSA) is 86.8 Å². The predicted molar refractivity (Wildman–Crippen MR) is 104 cm³/mol. The zero-order chi connectivity index (χ0) is 19.7. The molecule has 8 heteroatoms. The lowest BCUT2D eigenvalue weighted by Crippen LogP contribution is -2.41. The molecule has 6 nitrogen and oxygen atoms in total. The van der Waals surface area contributed by atoms with Crippen LogP contribution in [0.1, 0.15) is 45.0 Å². The number of rotatable bonds is 5. The third-order valence-corrected chi connectivity index (χ3v) is 9.44. The van der Waals surface area contributed by atoms with E-state index in [0.29, 0.717) is 12.4 Å². The second-order valence-corrected chi connectivity index (χ2v) is 13.0. The maximum atomic E-state index is 14.2. The molecule has 2 N–H and O–H groups in total. The number of aromatic nitrogens is 4. The number of pyridine rings is 1. The summed E-state index contributed by atoms with van der Waals surface area (Å²) in [5.41, 5.74) is 6.75. The smallest absolute Gasteiger partial charge is 0.223 e. The third-order valence-electron chi connectivity index (χ3n) is 4.94. The van der Waals surface area contributed by atoms with Crippen molar-refractivity contribution in [2.45, 2.75) is 58.7 Å². The molecule has 1 unspecified atom stereocenters. The zero-order valence-electron chi connectivity index (χ0n) is 16.6. The van der Waals surface area contributed by atoms with E-state index in [0.717, 1.165) is 5.56 Å². The molecular formula is C18H28FN5OSi. The molecule has 0 aromatic carbocycles. The first kappa shape index (κ1) is 20.4. The molecular weight excluding hydrogens is 349 g/mol. The van der Waals surface area contributed by atoms with Crippen molar-refractivity contribution < 1.29 is 8.82 Å². The fourth-order valence-corrected chi connectivity index (χ4v) is 3.26. The van der Waals surface area contributed by atoms with Crippen molar-refractivity contribution in [2.24, 2.45) is 0 Å². The van der Waals surface area contributed by atoms with E-state index in [1.807, 2.05) is 6.92 Å². The van der Waals surface area contributed by atoms with Crippen LogP contribution < -0.4 is 5.73 Å². The van der Waals surface area contributed by atoms with Crippen molar-refractivity contribution >= 4 is 14.3 Å². The van der Waals surface area contributed by atoms with Gasteiger partial charge in [-0.2, -0.15) is 14.4 Å². The van der Waals surface area contributed by atoms with Gasteiger partial charge >= 0.3 is 0 Å². The van der Waals surface area contributed by atoms with Gasteiger partial charge in [-0.3, -0.25) is 0 Å². The van der Waals surface area contributed by atoms with Crippen LogP contribution in [0.2, 0.25) is 18.1 Å². The first-order valence-corrected chi connectivity index (χ1v) is 11.6. The van der Waals surface area contributed by atoms with E-state index < -0.39 is 14.3 Å². The minimum atomic E-state index is -1.85. The fraction of sp³-hybridized carbons (Fsp3) is 0.556. The molecule has 0 radical (unpaired) electrons. The monoisotopic (exact) mass is 377 g/mol. The summed E-state index contributed by atoms with van der Waals surface area (Å²) >= 11 is 0. The molecule has 0 bridgehead atoms. The molecule has 0 fully saturated rings. The van der Waals surface area contributed by atoms with Crippen molar-refractivity contribution in [1.29, 1.82) is 0 Å². The van der Waals surface area contributed by atoms with E-state index in [2.05, 4.69) is 53.8 Å². The lowest BCUT2D eigenvalue weighted by molar-refractivity contribution is 0.269. The Balaban J connectivity index is 2.26. The zero-order valence-corrected chi connectivity index (χ0v) is 17.6. The molecule has 2 heterocycles. The van der Waals surface area contributed by atoms with Gasteiger partial charge < -0.3 is 10.2 Å². The molecule has 0 saturated carbocycles. The van der Waals surface area contributed by atoms with Crippen molar-refractivity contribution in [3.05, 3.63) is 29.6 Å². The summed E-state index contributed by atoms with van der Waals surface area (Å²) in [6.07, 6.45) is 1.54. The summed E-state index contributed by atoms with van der Waals surface area (Å²) in [6, 6.07) is 1.72. The molecule has 0 aliphatic rings. The minimum absolute atomic E-state index is 0.0617. The van der Waals surface area contributed by atoms with Crippen LogP contribution in [-0.4, -0.2) is 34.9 Å². The standard InChI is InChI=1S/C18H28FN5OSi/c1-11(10-25-26(6,7)18(3,4)5)13-8-14(15(19)21-9-13)16-22-12(2)23-17(20)24-16/h8-9,11H,10H2,1-7H3,(H2,20,22,23,24). The van der Waals surface area contributed by atoms with Crippen LogP contribution in [0.4, 0.5) is 10.3 Å². The molecule has 0 saturated heterocycles. The SMILES string of the molecule is Cc1nc(N)nc(-c2cc(C(C)CO[Si](C)(C)C(C)(C)C)cnc2F)n1. The van der Waals surface area contributed by atoms with Crippen LogP contribution in [0, 0.1) is 12.9 Å². The molecule has 2 aromatic heterocycles. The van der Waals surface area contributed by atoms with Crippen LogP contribution in [0.25, 0.3) is 11.4 Å². The van der Waals surface area contributed by atoms with E-state index in [1.54, 1.807) is 13.0 Å². The molecule has 0 aliphatic carbocycles. The van der Waals surface area contributed by atoms with Gasteiger partial charge in [-0.05, 0) is 36.7 Å². The Kier molecular flexibility index (Phi) is 5.77. The highest BCUT2D eigenvalue weighted by atomic mass is 28.4. The summed E-state index contributed by atoms with van der Waals surface area (Å²) in [4.78, 5) is 16.0. The minimum Gasteiger partial charge on any atom is -0.416 e. The first-order valence-electron chi connectivity index (χ1n) is 8.68. The summed E-state index contributed by atoms with van der Waals surface area (Å²) in [7, 11) is -1.85. The Morgan fingerprint density at radius 2 is 1.88 bits per heavy atom. The molecule has 26 heavy (non-hydrogen) atoms.